The molecular formula is C23H24N4O3. The van der Waals surface area contributed by atoms with Gasteiger partial charge in [-0.25, -0.2) is 9.97 Å². The van der Waals surface area contributed by atoms with Crippen LogP contribution in [0.4, 0.5) is 11.5 Å². The van der Waals surface area contributed by atoms with Gasteiger partial charge in [-0.1, -0.05) is 0 Å². The highest BCUT2D eigenvalue weighted by molar-refractivity contribution is 5.99. The largest absolute Gasteiger partial charge is 0.493 e. The van der Waals surface area contributed by atoms with Crippen molar-refractivity contribution >= 4 is 28.2 Å². The number of Topliss-reactive ketones (excluding diaryl/α,β-unsaturated/α-hetero) is 1. The van der Waals surface area contributed by atoms with Crippen LogP contribution in [0.3, 0.4) is 0 Å². The van der Waals surface area contributed by atoms with Gasteiger partial charge < -0.3 is 20.5 Å². The Morgan fingerprint density at radius 1 is 1.10 bits per heavy atom. The van der Waals surface area contributed by atoms with E-state index in [4.69, 9.17) is 15.2 Å². The number of fused-ring (bicyclic) bond motifs is 2. The summed E-state index contributed by atoms with van der Waals surface area (Å²) in [4.78, 5) is 20.9. The molecule has 1 saturated carbocycles. The SMILES string of the molecule is COc1cc2ncnc(Nc3ccc4c(c3)CCCC4=O)c2cc1OC1CC(N)C1. The van der Waals surface area contributed by atoms with Crippen LogP contribution < -0.4 is 20.5 Å². The summed E-state index contributed by atoms with van der Waals surface area (Å²) in [5, 5.41) is 4.22. The van der Waals surface area contributed by atoms with E-state index in [9.17, 15) is 4.79 Å². The number of hydrogen-bond donors (Lipinski definition) is 2. The lowest BCUT2D eigenvalue weighted by molar-refractivity contribution is 0.0969. The molecule has 7 heteroatoms. The molecule has 7 nitrogen and oxygen atoms in total. The number of aromatic nitrogens is 2. The Bertz CT molecular complexity index is 1120. The van der Waals surface area contributed by atoms with Gasteiger partial charge in [-0.3, -0.25) is 4.79 Å². The van der Waals surface area contributed by atoms with E-state index in [1.165, 1.54) is 6.33 Å². The number of ether oxygens (including phenoxy) is 2. The minimum absolute atomic E-state index is 0.102. The topological polar surface area (TPSA) is 99.4 Å². The summed E-state index contributed by atoms with van der Waals surface area (Å²) in [6.07, 6.45) is 5.75. The lowest BCUT2D eigenvalue weighted by Gasteiger charge is -2.33. The maximum absolute atomic E-state index is 12.1. The number of anilines is 2. The number of hydrogen-bond acceptors (Lipinski definition) is 7. The summed E-state index contributed by atoms with van der Waals surface area (Å²) in [7, 11) is 1.62. The zero-order valence-electron chi connectivity index (χ0n) is 16.9. The van der Waals surface area contributed by atoms with Crippen LogP contribution in [0.5, 0.6) is 11.5 Å². The first-order valence-corrected chi connectivity index (χ1v) is 10.3. The zero-order valence-corrected chi connectivity index (χ0v) is 16.9. The van der Waals surface area contributed by atoms with Crippen molar-refractivity contribution in [2.24, 2.45) is 5.73 Å². The number of benzene rings is 2. The number of rotatable bonds is 5. The third-order valence-corrected chi connectivity index (χ3v) is 5.86. The molecule has 0 spiro atoms. The molecule has 1 aromatic heterocycles. The molecule has 3 aromatic rings. The highest BCUT2D eigenvalue weighted by Crippen LogP contribution is 2.37. The Balaban J connectivity index is 1.49. The van der Waals surface area contributed by atoms with Crippen LogP contribution >= 0.6 is 0 Å². The number of aryl methyl sites for hydroxylation is 1. The number of methoxy groups -OCH3 is 1. The van der Waals surface area contributed by atoms with E-state index >= 15 is 0 Å². The minimum Gasteiger partial charge on any atom is -0.493 e. The van der Waals surface area contributed by atoms with E-state index in [1.54, 1.807) is 7.11 Å². The fraction of sp³-hybridized carbons (Fsp3) is 0.348. The summed E-state index contributed by atoms with van der Waals surface area (Å²) >= 11 is 0. The molecule has 2 aliphatic rings. The van der Waals surface area contributed by atoms with Gasteiger partial charge in [0.2, 0.25) is 0 Å². The molecule has 0 amide bonds. The molecule has 30 heavy (non-hydrogen) atoms. The molecule has 1 fully saturated rings. The Morgan fingerprint density at radius 3 is 2.77 bits per heavy atom. The first-order valence-electron chi connectivity index (χ1n) is 10.3. The normalized spacial score (nSPS) is 20.4. The van der Waals surface area contributed by atoms with Gasteiger partial charge in [0.05, 0.1) is 12.6 Å². The van der Waals surface area contributed by atoms with Crippen LogP contribution in [0, 0.1) is 0 Å². The predicted octanol–water partition coefficient (Wildman–Crippen LogP) is 3.77. The van der Waals surface area contributed by atoms with Crippen LogP contribution in [0.1, 0.15) is 41.6 Å². The molecule has 0 bridgehead atoms. The van der Waals surface area contributed by atoms with E-state index in [-0.39, 0.29) is 17.9 Å². The monoisotopic (exact) mass is 404 g/mol. The van der Waals surface area contributed by atoms with Crippen LogP contribution in [-0.2, 0) is 6.42 Å². The molecule has 2 aromatic carbocycles. The standard InChI is InChI=1S/C23H24N4O3/c1-29-21-11-19-18(10-22(21)30-16-8-14(24)9-16)23(26-12-25-19)27-15-5-6-17-13(7-15)3-2-4-20(17)28/h5-7,10-12,14,16H,2-4,8-9,24H2,1H3,(H,25,26,27). The van der Waals surface area contributed by atoms with Gasteiger partial charge in [0.15, 0.2) is 17.3 Å². The van der Waals surface area contributed by atoms with Gasteiger partial charge in [-0.15, -0.1) is 0 Å². The first-order chi connectivity index (χ1) is 14.6. The van der Waals surface area contributed by atoms with Gasteiger partial charge in [-0.05, 0) is 55.5 Å². The van der Waals surface area contributed by atoms with Crippen molar-refractivity contribution in [1.29, 1.82) is 0 Å². The number of nitrogens with zero attached hydrogens (tertiary/aromatic N) is 2. The molecule has 0 unspecified atom stereocenters. The summed E-state index contributed by atoms with van der Waals surface area (Å²) in [6, 6.07) is 9.85. The van der Waals surface area contributed by atoms with Crippen molar-refractivity contribution in [1.82, 2.24) is 9.97 Å². The highest BCUT2D eigenvalue weighted by Gasteiger charge is 2.28. The second-order valence-corrected chi connectivity index (χ2v) is 7.99. The average molecular weight is 404 g/mol. The second kappa shape index (κ2) is 7.57. The summed E-state index contributed by atoms with van der Waals surface area (Å²) in [6.45, 7) is 0. The van der Waals surface area contributed by atoms with Crippen molar-refractivity contribution in [2.75, 3.05) is 12.4 Å². The summed E-state index contributed by atoms with van der Waals surface area (Å²) in [5.41, 5.74) is 9.46. The lowest BCUT2D eigenvalue weighted by Crippen LogP contribution is -2.43. The van der Waals surface area contributed by atoms with E-state index in [2.05, 4.69) is 15.3 Å². The average Bonchev–Trinajstić information content (AvgIpc) is 2.72. The first kappa shape index (κ1) is 18.8. The van der Waals surface area contributed by atoms with Crippen molar-refractivity contribution in [3.8, 4) is 11.5 Å². The smallest absolute Gasteiger partial charge is 0.163 e. The van der Waals surface area contributed by atoms with Gasteiger partial charge >= 0.3 is 0 Å². The maximum Gasteiger partial charge on any atom is 0.163 e. The minimum atomic E-state index is 0.102. The fourth-order valence-electron chi connectivity index (χ4n) is 4.16. The number of carbonyl (C=O) groups is 1. The van der Waals surface area contributed by atoms with E-state index < -0.39 is 0 Å². The Hall–Kier alpha value is -3.19. The highest BCUT2D eigenvalue weighted by atomic mass is 16.5. The van der Waals surface area contributed by atoms with Crippen LogP contribution in [-0.4, -0.2) is 35.0 Å². The number of nitrogens with one attached hydrogen (secondary N) is 1. The quantitative estimate of drug-likeness (QED) is 0.668. The molecule has 5 rings (SSSR count). The van der Waals surface area contributed by atoms with Gasteiger partial charge in [0, 0.05) is 35.2 Å². The summed E-state index contributed by atoms with van der Waals surface area (Å²) in [5.74, 6) is 2.20. The van der Waals surface area contributed by atoms with Crippen molar-refractivity contribution < 1.29 is 14.3 Å². The molecule has 0 atom stereocenters. The molecule has 0 radical (unpaired) electrons. The van der Waals surface area contributed by atoms with Crippen molar-refractivity contribution in [3.63, 3.8) is 0 Å². The number of ketones is 1. The van der Waals surface area contributed by atoms with Crippen molar-refractivity contribution in [3.05, 3.63) is 47.8 Å². The summed E-state index contributed by atoms with van der Waals surface area (Å²) < 4.78 is 11.6. The molecule has 3 N–H and O–H groups in total. The van der Waals surface area contributed by atoms with Crippen LogP contribution in [0.25, 0.3) is 10.9 Å². The van der Waals surface area contributed by atoms with E-state index in [0.29, 0.717) is 23.7 Å². The van der Waals surface area contributed by atoms with E-state index in [1.807, 2.05) is 30.3 Å². The molecular weight excluding hydrogens is 380 g/mol. The van der Waals surface area contributed by atoms with E-state index in [0.717, 1.165) is 53.4 Å². The molecule has 154 valence electrons. The second-order valence-electron chi connectivity index (χ2n) is 7.99. The van der Waals surface area contributed by atoms with Gasteiger partial charge in [0.25, 0.3) is 0 Å². The zero-order chi connectivity index (χ0) is 20.7. The lowest BCUT2D eigenvalue weighted by atomic mass is 9.90. The Kier molecular flexibility index (Phi) is 4.75. The van der Waals surface area contributed by atoms with Crippen molar-refractivity contribution in [2.45, 2.75) is 44.2 Å². The number of carbonyl (C=O) groups excluding carboxylic acids is 1. The Morgan fingerprint density at radius 2 is 1.97 bits per heavy atom. The predicted molar refractivity (Wildman–Crippen MR) is 115 cm³/mol. The molecule has 0 saturated heterocycles. The molecule has 1 heterocycles. The van der Waals surface area contributed by atoms with Crippen LogP contribution in [0.2, 0.25) is 0 Å². The van der Waals surface area contributed by atoms with Gasteiger partial charge in [0.1, 0.15) is 18.2 Å². The van der Waals surface area contributed by atoms with Gasteiger partial charge in [-0.2, -0.15) is 0 Å². The number of nitrogens with two attached hydrogens (primary N) is 1. The molecule has 0 aliphatic heterocycles. The molecule has 2 aliphatic carbocycles. The van der Waals surface area contributed by atoms with Crippen LogP contribution in [0.15, 0.2) is 36.7 Å². The third kappa shape index (κ3) is 3.45. The third-order valence-electron chi connectivity index (χ3n) is 5.86. The Labute approximate surface area is 174 Å². The fourth-order valence-corrected chi connectivity index (χ4v) is 4.16. The maximum atomic E-state index is 12.1.